The van der Waals surface area contributed by atoms with Gasteiger partial charge in [-0.3, -0.25) is 4.79 Å². The van der Waals surface area contributed by atoms with Gasteiger partial charge in [0.25, 0.3) is 0 Å². The highest BCUT2D eigenvalue weighted by Gasteiger charge is 2.45. The van der Waals surface area contributed by atoms with Crippen LogP contribution in [0.25, 0.3) is 0 Å². The standard InChI is InChI=1S/C9H14O5/c1-9(12)7(11)4-3-6(10)8(9)14-5-13-2/h3-4,6,8,10,12H,5H2,1-2H3/t6-,8-,9-/m0/s1. The number of carbonyl (C=O) groups is 1. The first kappa shape index (κ1) is 11.3. The third-order valence-corrected chi connectivity index (χ3v) is 2.17. The summed E-state index contributed by atoms with van der Waals surface area (Å²) in [6.45, 7) is 1.22. The summed E-state index contributed by atoms with van der Waals surface area (Å²) in [5.74, 6) is -0.482. The number of aliphatic hydroxyl groups excluding tert-OH is 1. The molecule has 0 aliphatic heterocycles. The molecular formula is C9H14O5. The summed E-state index contributed by atoms with van der Waals surface area (Å²) in [5, 5.41) is 19.2. The van der Waals surface area contributed by atoms with E-state index in [4.69, 9.17) is 4.74 Å². The lowest BCUT2D eigenvalue weighted by Crippen LogP contribution is -2.55. The Balaban J connectivity index is 2.79. The Labute approximate surface area is 81.9 Å². The molecule has 0 bridgehead atoms. The Hall–Kier alpha value is -0.750. The van der Waals surface area contributed by atoms with Crippen molar-refractivity contribution in [1.29, 1.82) is 0 Å². The van der Waals surface area contributed by atoms with Gasteiger partial charge < -0.3 is 19.7 Å². The van der Waals surface area contributed by atoms with Gasteiger partial charge in [-0.15, -0.1) is 0 Å². The molecule has 2 N–H and O–H groups in total. The van der Waals surface area contributed by atoms with Crippen LogP contribution in [-0.4, -0.2) is 47.7 Å². The van der Waals surface area contributed by atoms with Crippen molar-refractivity contribution in [2.24, 2.45) is 0 Å². The Kier molecular flexibility index (Phi) is 3.38. The highest BCUT2D eigenvalue weighted by molar-refractivity contribution is 5.98. The van der Waals surface area contributed by atoms with Gasteiger partial charge in [0.05, 0.1) is 0 Å². The summed E-state index contributed by atoms with van der Waals surface area (Å²) in [6, 6.07) is 0. The van der Waals surface area contributed by atoms with Crippen molar-refractivity contribution >= 4 is 5.78 Å². The van der Waals surface area contributed by atoms with Crippen LogP contribution >= 0.6 is 0 Å². The average molecular weight is 202 g/mol. The molecular weight excluding hydrogens is 188 g/mol. The Bertz CT molecular complexity index is 246. The highest BCUT2D eigenvalue weighted by atomic mass is 16.7. The maximum absolute atomic E-state index is 11.3. The molecule has 0 amide bonds. The normalized spacial score (nSPS) is 37.6. The molecule has 14 heavy (non-hydrogen) atoms. The molecule has 1 aliphatic carbocycles. The summed E-state index contributed by atoms with van der Waals surface area (Å²) in [5.41, 5.74) is -1.70. The van der Waals surface area contributed by atoms with Crippen molar-refractivity contribution in [1.82, 2.24) is 0 Å². The second-order valence-electron chi connectivity index (χ2n) is 3.36. The van der Waals surface area contributed by atoms with E-state index in [9.17, 15) is 15.0 Å². The van der Waals surface area contributed by atoms with Gasteiger partial charge in [0.15, 0.2) is 11.4 Å². The third kappa shape index (κ3) is 2.01. The number of ether oxygens (including phenoxy) is 2. The Morgan fingerprint density at radius 3 is 2.86 bits per heavy atom. The first-order valence-corrected chi connectivity index (χ1v) is 4.23. The van der Waals surface area contributed by atoms with E-state index in [0.29, 0.717) is 0 Å². The van der Waals surface area contributed by atoms with E-state index in [-0.39, 0.29) is 6.79 Å². The molecule has 5 nitrogen and oxygen atoms in total. The number of methoxy groups -OCH3 is 1. The SMILES string of the molecule is COCO[C@H]1[C@@H](O)C=CC(=O)[C@]1(C)O. The van der Waals surface area contributed by atoms with Crippen molar-refractivity contribution in [3.05, 3.63) is 12.2 Å². The number of rotatable bonds is 3. The van der Waals surface area contributed by atoms with Crippen molar-refractivity contribution in [2.75, 3.05) is 13.9 Å². The van der Waals surface area contributed by atoms with Crippen LogP contribution in [0.2, 0.25) is 0 Å². The molecule has 0 radical (unpaired) electrons. The summed E-state index contributed by atoms with van der Waals surface area (Å²) in [7, 11) is 1.42. The summed E-state index contributed by atoms with van der Waals surface area (Å²) in [4.78, 5) is 11.3. The van der Waals surface area contributed by atoms with Crippen LogP contribution in [0.15, 0.2) is 12.2 Å². The van der Waals surface area contributed by atoms with Crippen molar-refractivity contribution < 1.29 is 24.5 Å². The number of carbonyl (C=O) groups excluding carboxylic acids is 1. The monoisotopic (exact) mass is 202 g/mol. The lowest BCUT2D eigenvalue weighted by molar-refractivity contribution is -0.184. The molecule has 0 spiro atoms. The Morgan fingerprint density at radius 2 is 2.29 bits per heavy atom. The van der Waals surface area contributed by atoms with Crippen LogP contribution in [0.5, 0.6) is 0 Å². The lowest BCUT2D eigenvalue weighted by atomic mass is 9.85. The maximum Gasteiger partial charge on any atom is 0.189 e. The van der Waals surface area contributed by atoms with Gasteiger partial charge in [-0.05, 0) is 19.1 Å². The van der Waals surface area contributed by atoms with E-state index >= 15 is 0 Å². The first-order valence-electron chi connectivity index (χ1n) is 4.23. The zero-order valence-corrected chi connectivity index (χ0v) is 8.14. The topological polar surface area (TPSA) is 76.0 Å². The van der Waals surface area contributed by atoms with Gasteiger partial charge in [-0.25, -0.2) is 0 Å². The van der Waals surface area contributed by atoms with Crippen LogP contribution in [0.3, 0.4) is 0 Å². The van der Waals surface area contributed by atoms with Crippen molar-refractivity contribution in [3.63, 3.8) is 0 Å². The number of ketones is 1. The second kappa shape index (κ2) is 4.18. The smallest absolute Gasteiger partial charge is 0.189 e. The molecule has 1 rings (SSSR count). The minimum absolute atomic E-state index is 0.0843. The number of aliphatic hydroxyl groups is 2. The van der Waals surface area contributed by atoms with E-state index in [1.165, 1.54) is 20.1 Å². The summed E-state index contributed by atoms with van der Waals surface area (Å²) >= 11 is 0. The quantitative estimate of drug-likeness (QED) is 0.587. The third-order valence-electron chi connectivity index (χ3n) is 2.17. The van der Waals surface area contributed by atoms with Gasteiger partial charge in [0, 0.05) is 7.11 Å². The maximum atomic E-state index is 11.3. The van der Waals surface area contributed by atoms with E-state index in [2.05, 4.69) is 4.74 Å². The fourth-order valence-electron chi connectivity index (χ4n) is 1.33. The molecule has 5 heteroatoms. The van der Waals surface area contributed by atoms with E-state index in [0.717, 1.165) is 6.08 Å². The van der Waals surface area contributed by atoms with Gasteiger partial charge in [0.1, 0.15) is 19.0 Å². The van der Waals surface area contributed by atoms with E-state index in [1.54, 1.807) is 0 Å². The van der Waals surface area contributed by atoms with Crippen LogP contribution < -0.4 is 0 Å². The average Bonchev–Trinajstić information content (AvgIpc) is 2.12. The molecule has 0 aromatic heterocycles. The molecule has 0 fully saturated rings. The predicted molar refractivity (Wildman–Crippen MR) is 47.5 cm³/mol. The van der Waals surface area contributed by atoms with Gasteiger partial charge in [0.2, 0.25) is 0 Å². The van der Waals surface area contributed by atoms with Crippen LogP contribution in [0.4, 0.5) is 0 Å². The zero-order valence-electron chi connectivity index (χ0n) is 8.14. The fourth-order valence-corrected chi connectivity index (χ4v) is 1.33. The highest BCUT2D eigenvalue weighted by Crippen LogP contribution is 2.23. The number of hydrogen-bond donors (Lipinski definition) is 2. The molecule has 0 aromatic rings. The molecule has 0 heterocycles. The molecule has 3 atom stereocenters. The van der Waals surface area contributed by atoms with Gasteiger partial charge in [-0.1, -0.05) is 0 Å². The molecule has 0 saturated heterocycles. The molecule has 0 saturated carbocycles. The molecule has 1 aliphatic rings. The lowest BCUT2D eigenvalue weighted by Gasteiger charge is -2.35. The van der Waals surface area contributed by atoms with E-state index in [1.807, 2.05) is 0 Å². The summed E-state index contributed by atoms with van der Waals surface area (Å²) < 4.78 is 9.68. The Morgan fingerprint density at radius 1 is 1.64 bits per heavy atom. The van der Waals surface area contributed by atoms with Crippen molar-refractivity contribution in [2.45, 2.75) is 24.7 Å². The summed E-state index contributed by atoms with van der Waals surface area (Å²) in [6.07, 6.45) is 0.454. The first-order chi connectivity index (χ1) is 6.50. The second-order valence-corrected chi connectivity index (χ2v) is 3.36. The molecule has 0 unspecified atom stereocenters. The molecule has 80 valence electrons. The number of hydrogen-bond acceptors (Lipinski definition) is 5. The largest absolute Gasteiger partial charge is 0.386 e. The van der Waals surface area contributed by atoms with E-state index < -0.39 is 23.6 Å². The predicted octanol–water partition coefficient (Wildman–Crippen LogP) is -0.774. The minimum Gasteiger partial charge on any atom is -0.386 e. The minimum atomic E-state index is -1.70. The molecule has 0 aromatic carbocycles. The van der Waals surface area contributed by atoms with Gasteiger partial charge >= 0.3 is 0 Å². The zero-order chi connectivity index (χ0) is 10.8. The van der Waals surface area contributed by atoms with Gasteiger partial charge in [-0.2, -0.15) is 0 Å². The fraction of sp³-hybridized carbons (Fsp3) is 0.667. The van der Waals surface area contributed by atoms with Crippen LogP contribution in [0.1, 0.15) is 6.92 Å². The van der Waals surface area contributed by atoms with Crippen LogP contribution in [0, 0.1) is 0 Å². The van der Waals surface area contributed by atoms with Crippen molar-refractivity contribution in [3.8, 4) is 0 Å². The van der Waals surface area contributed by atoms with Crippen LogP contribution in [-0.2, 0) is 14.3 Å².